The van der Waals surface area contributed by atoms with Crippen molar-refractivity contribution < 1.29 is 70.2 Å². The van der Waals surface area contributed by atoms with Gasteiger partial charge in [-0.3, -0.25) is 0 Å². The van der Waals surface area contributed by atoms with Crippen LogP contribution in [0, 0.1) is 6.92 Å². The third kappa shape index (κ3) is 5.52. The molecular weight excluding hydrogens is 392 g/mol. The van der Waals surface area contributed by atoms with E-state index in [-0.39, 0.29) is 65.4 Å². The van der Waals surface area contributed by atoms with Crippen LogP contribution in [-0.4, -0.2) is 7.85 Å². The summed E-state index contributed by atoms with van der Waals surface area (Å²) in [6.45, 7) is 1.98. The fraction of sp³-hybridized carbons (Fsp3) is 0.0769. The molecule has 0 aliphatic rings. The average Bonchev–Trinajstić information content (AvgIpc) is 2.22. The molecule has 18 heavy (non-hydrogen) atoms. The zero-order chi connectivity index (χ0) is 11.5. The third-order valence-electron chi connectivity index (χ3n) is 2.28. The van der Waals surface area contributed by atoms with Gasteiger partial charge < -0.3 is 4.74 Å². The minimum absolute atomic E-state index is 0. The van der Waals surface area contributed by atoms with E-state index in [0.29, 0.717) is 0 Å². The molecule has 0 N–H and O–H groups in total. The first-order valence-electron chi connectivity index (χ1n) is 5.04. The van der Waals surface area contributed by atoms with Crippen molar-refractivity contribution in [1.29, 1.82) is 0 Å². The zero-order valence-corrected chi connectivity index (χ0v) is 17.1. The minimum Gasteiger partial charge on any atom is -0.457 e. The van der Waals surface area contributed by atoms with Crippen LogP contribution in [0.2, 0.25) is 0 Å². The van der Waals surface area contributed by atoms with E-state index in [1.165, 1.54) is 0 Å². The molecule has 4 radical (unpaired) electrons. The van der Waals surface area contributed by atoms with Crippen molar-refractivity contribution in [2.75, 3.05) is 0 Å². The Kier molecular flexibility index (Phi) is 9.46. The summed E-state index contributed by atoms with van der Waals surface area (Å²) < 4.78 is 5.78. The molecule has 0 fully saturated rings. The Balaban J connectivity index is 0.00000144. The van der Waals surface area contributed by atoms with Crippen molar-refractivity contribution in [3.8, 4) is 11.5 Å². The van der Waals surface area contributed by atoms with E-state index in [1.54, 1.807) is 0 Å². The fourth-order valence-corrected chi connectivity index (χ4v) is 1.77. The molecule has 84 valence electrons. The molecule has 0 aromatic heterocycles. The molecule has 1 unspecified atom stereocenters. The van der Waals surface area contributed by atoms with Gasteiger partial charge in [0.15, 0.2) is 0 Å². The van der Waals surface area contributed by atoms with E-state index >= 15 is 0 Å². The normalized spacial score (nSPS) is 9.00. The Morgan fingerprint density at radius 2 is 1.78 bits per heavy atom. The van der Waals surface area contributed by atoms with Crippen molar-refractivity contribution in [2.24, 2.45) is 0 Å². The van der Waals surface area contributed by atoms with E-state index < -0.39 is 0 Å². The maximum Gasteiger partial charge on any atom is 0.130 e. The molecule has 1 nitrogen and oxygen atoms in total. The first kappa shape index (κ1) is 18.9. The van der Waals surface area contributed by atoms with Crippen LogP contribution in [0.4, 0.5) is 0 Å². The second-order valence-corrected chi connectivity index (χ2v) is 4.37. The van der Waals surface area contributed by atoms with Crippen molar-refractivity contribution in [3.05, 3.63) is 48.0 Å². The Labute approximate surface area is 162 Å². The maximum absolute atomic E-state index is 5.78. The van der Waals surface area contributed by atoms with Gasteiger partial charge >= 0.3 is 0 Å². The maximum atomic E-state index is 5.78. The molecule has 2 aromatic rings. The van der Waals surface area contributed by atoms with Gasteiger partial charge in [0.25, 0.3) is 0 Å². The van der Waals surface area contributed by atoms with E-state index in [1.807, 2.05) is 49.4 Å². The van der Waals surface area contributed by atoms with Gasteiger partial charge in [0.1, 0.15) is 19.3 Å². The van der Waals surface area contributed by atoms with Crippen LogP contribution in [-0.2, 0) is 65.4 Å². The summed E-state index contributed by atoms with van der Waals surface area (Å²) in [6.07, 6.45) is 0. The van der Waals surface area contributed by atoms with Gasteiger partial charge in [-0.05, 0) is 36.0 Å². The Hall–Kier alpha value is 0.943. The van der Waals surface area contributed by atoms with Gasteiger partial charge in [-0.15, -0.1) is 9.24 Å². The van der Waals surface area contributed by atoms with Crippen molar-refractivity contribution in [3.63, 3.8) is 0 Å². The summed E-state index contributed by atoms with van der Waals surface area (Å²) in [7, 11) is 8.34. The standard InChI is InChI=1S/C13H12BOP.2Y/c1-9-7-10(14)5-6-13(9)15-11-3-2-4-12(16)8-11;;/h2-8H,16H2,1H3;;. The predicted octanol–water partition coefficient (Wildman–Crippen LogP) is 2.08. The Bertz CT molecular complexity index is 520. The predicted molar refractivity (Wildman–Crippen MR) is 72.4 cm³/mol. The van der Waals surface area contributed by atoms with Crippen molar-refractivity contribution in [1.82, 2.24) is 0 Å². The van der Waals surface area contributed by atoms with E-state index in [4.69, 9.17) is 12.6 Å². The number of benzene rings is 2. The summed E-state index contributed by atoms with van der Waals surface area (Å²) >= 11 is 0. The summed E-state index contributed by atoms with van der Waals surface area (Å²) in [6, 6.07) is 13.5. The number of hydrogen-bond donors (Lipinski definition) is 0. The van der Waals surface area contributed by atoms with E-state index in [2.05, 4.69) is 9.24 Å². The minimum atomic E-state index is 0. The van der Waals surface area contributed by atoms with Gasteiger partial charge in [-0.25, -0.2) is 0 Å². The van der Waals surface area contributed by atoms with Crippen LogP contribution >= 0.6 is 9.24 Å². The Morgan fingerprint density at radius 3 is 2.39 bits per heavy atom. The molecule has 0 aliphatic heterocycles. The average molecular weight is 404 g/mol. The van der Waals surface area contributed by atoms with Crippen LogP contribution in [0.5, 0.6) is 11.5 Å². The molecule has 1 atom stereocenters. The summed E-state index contributed by atoms with van der Waals surface area (Å²) in [4.78, 5) is 0. The Morgan fingerprint density at radius 1 is 1.06 bits per heavy atom. The smallest absolute Gasteiger partial charge is 0.130 e. The molecule has 5 heteroatoms. The monoisotopic (exact) mass is 404 g/mol. The summed E-state index contributed by atoms with van der Waals surface area (Å²) in [5, 5.41) is 1.10. The van der Waals surface area contributed by atoms with Crippen molar-refractivity contribution in [2.45, 2.75) is 6.92 Å². The third-order valence-corrected chi connectivity index (χ3v) is 2.64. The number of rotatable bonds is 2. The molecule has 2 aromatic carbocycles. The molecule has 0 bridgehead atoms. The van der Waals surface area contributed by atoms with Gasteiger partial charge in [-0.1, -0.05) is 29.7 Å². The van der Waals surface area contributed by atoms with Crippen LogP contribution in [0.1, 0.15) is 5.56 Å². The molecule has 0 saturated heterocycles. The van der Waals surface area contributed by atoms with E-state index in [0.717, 1.165) is 27.8 Å². The number of ether oxygens (including phenoxy) is 1. The number of aryl methyl sites for hydroxylation is 1. The molecule has 0 amide bonds. The molecule has 0 saturated carbocycles. The summed E-state index contributed by atoms with van der Waals surface area (Å²) in [5.41, 5.74) is 1.79. The SMILES string of the molecule is [B]c1ccc(Oc2cccc(P)c2)c(C)c1.[Y].[Y]. The molecule has 0 aliphatic carbocycles. The van der Waals surface area contributed by atoms with Gasteiger partial charge in [-0.2, -0.15) is 0 Å². The second kappa shape index (κ2) is 8.98. The van der Waals surface area contributed by atoms with Crippen LogP contribution in [0.15, 0.2) is 42.5 Å². The molecule has 2 rings (SSSR count). The topological polar surface area (TPSA) is 9.23 Å². The first-order valence-corrected chi connectivity index (χ1v) is 5.62. The zero-order valence-electron chi connectivity index (χ0n) is 10.3. The summed E-state index contributed by atoms with van der Waals surface area (Å²) in [5.74, 6) is 1.67. The molecule has 0 spiro atoms. The number of hydrogen-bond acceptors (Lipinski definition) is 1. The van der Waals surface area contributed by atoms with Crippen LogP contribution in [0.25, 0.3) is 0 Å². The van der Waals surface area contributed by atoms with Crippen LogP contribution in [0.3, 0.4) is 0 Å². The first-order chi connectivity index (χ1) is 7.65. The molecular formula is C13H12BOPY2. The van der Waals surface area contributed by atoms with E-state index in [9.17, 15) is 0 Å². The van der Waals surface area contributed by atoms with Gasteiger partial charge in [0.05, 0.1) is 0 Å². The van der Waals surface area contributed by atoms with Gasteiger partial charge in [0, 0.05) is 65.4 Å². The van der Waals surface area contributed by atoms with Crippen molar-refractivity contribution >= 4 is 27.9 Å². The molecule has 0 heterocycles. The van der Waals surface area contributed by atoms with Crippen LogP contribution < -0.4 is 15.5 Å². The second-order valence-electron chi connectivity index (χ2n) is 3.70. The largest absolute Gasteiger partial charge is 0.457 e. The fourth-order valence-electron chi connectivity index (χ4n) is 1.49. The quantitative estimate of drug-likeness (QED) is 0.551. The van der Waals surface area contributed by atoms with Gasteiger partial charge in [0.2, 0.25) is 0 Å².